The minimum Gasteiger partial charge on any atom is -0.493 e. The Labute approximate surface area is 117 Å². The SMILES string of the molecule is COc1cc(Cl)cc(CO)c1OC1CCCCC1O. The summed E-state index contributed by atoms with van der Waals surface area (Å²) in [7, 11) is 1.52. The van der Waals surface area contributed by atoms with E-state index in [0.29, 0.717) is 22.1 Å². The largest absolute Gasteiger partial charge is 0.493 e. The standard InChI is InChI=1S/C14H19ClO4/c1-18-13-7-10(15)6-9(8-16)14(13)19-12-5-3-2-4-11(12)17/h6-7,11-12,16-17H,2-5,8H2,1H3. The zero-order chi connectivity index (χ0) is 13.8. The maximum Gasteiger partial charge on any atom is 0.167 e. The number of ether oxygens (including phenoxy) is 2. The molecule has 0 spiro atoms. The van der Waals surface area contributed by atoms with Gasteiger partial charge in [0.15, 0.2) is 11.5 Å². The molecule has 1 aliphatic rings. The molecule has 0 saturated heterocycles. The van der Waals surface area contributed by atoms with Gasteiger partial charge in [-0.1, -0.05) is 18.0 Å². The van der Waals surface area contributed by atoms with Gasteiger partial charge in [-0.3, -0.25) is 0 Å². The maximum atomic E-state index is 9.96. The van der Waals surface area contributed by atoms with E-state index in [2.05, 4.69) is 0 Å². The van der Waals surface area contributed by atoms with Crippen molar-refractivity contribution in [2.45, 2.75) is 44.5 Å². The smallest absolute Gasteiger partial charge is 0.167 e. The van der Waals surface area contributed by atoms with Gasteiger partial charge in [0.25, 0.3) is 0 Å². The zero-order valence-corrected chi connectivity index (χ0v) is 11.7. The van der Waals surface area contributed by atoms with Crippen LogP contribution >= 0.6 is 11.6 Å². The fourth-order valence-electron chi connectivity index (χ4n) is 2.39. The molecule has 0 aromatic heterocycles. The van der Waals surface area contributed by atoms with Gasteiger partial charge in [0.05, 0.1) is 19.8 Å². The van der Waals surface area contributed by atoms with Crippen molar-refractivity contribution in [3.8, 4) is 11.5 Å². The van der Waals surface area contributed by atoms with Crippen LogP contribution in [0.3, 0.4) is 0 Å². The highest BCUT2D eigenvalue weighted by atomic mass is 35.5. The van der Waals surface area contributed by atoms with Crippen molar-refractivity contribution < 1.29 is 19.7 Å². The number of benzene rings is 1. The van der Waals surface area contributed by atoms with Crippen LogP contribution in [0.1, 0.15) is 31.2 Å². The fourth-order valence-corrected chi connectivity index (χ4v) is 2.62. The monoisotopic (exact) mass is 286 g/mol. The second kappa shape index (κ2) is 6.46. The Morgan fingerprint density at radius 3 is 2.68 bits per heavy atom. The Balaban J connectivity index is 2.27. The summed E-state index contributed by atoms with van der Waals surface area (Å²) in [6.07, 6.45) is 2.87. The van der Waals surface area contributed by atoms with Crippen molar-refractivity contribution in [1.29, 1.82) is 0 Å². The first-order valence-electron chi connectivity index (χ1n) is 6.47. The van der Waals surface area contributed by atoms with Crippen molar-refractivity contribution in [2.75, 3.05) is 7.11 Å². The van der Waals surface area contributed by atoms with Crippen LogP contribution in [0, 0.1) is 0 Å². The summed E-state index contributed by atoms with van der Waals surface area (Å²) in [4.78, 5) is 0. The summed E-state index contributed by atoms with van der Waals surface area (Å²) < 4.78 is 11.1. The molecule has 1 fully saturated rings. The number of hydrogen-bond donors (Lipinski definition) is 2. The molecule has 1 aromatic carbocycles. The van der Waals surface area contributed by atoms with Crippen LogP contribution in [-0.4, -0.2) is 29.5 Å². The van der Waals surface area contributed by atoms with Crippen LogP contribution in [0.4, 0.5) is 0 Å². The van der Waals surface area contributed by atoms with Crippen molar-refractivity contribution >= 4 is 11.6 Å². The molecular weight excluding hydrogens is 268 g/mol. The normalized spacial score (nSPS) is 23.2. The van der Waals surface area contributed by atoms with Crippen LogP contribution in [-0.2, 0) is 6.61 Å². The van der Waals surface area contributed by atoms with Gasteiger partial charge in [-0.2, -0.15) is 0 Å². The van der Waals surface area contributed by atoms with E-state index in [4.69, 9.17) is 21.1 Å². The quantitative estimate of drug-likeness (QED) is 0.893. The molecule has 106 valence electrons. The Morgan fingerprint density at radius 2 is 2.05 bits per heavy atom. The van der Waals surface area contributed by atoms with Crippen molar-refractivity contribution in [1.82, 2.24) is 0 Å². The Morgan fingerprint density at radius 1 is 1.32 bits per heavy atom. The van der Waals surface area contributed by atoms with Gasteiger partial charge < -0.3 is 19.7 Å². The molecule has 0 bridgehead atoms. The van der Waals surface area contributed by atoms with E-state index in [1.165, 1.54) is 7.11 Å². The average Bonchev–Trinajstić information content (AvgIpc) is 2.42. The van der Waals surface area contributed by atoms with Crippen LogP contribution in [0.2, 0.25) is 5.02 Å². The molecule has 2 atom stereocenters. The van der Waals surface area contributed by atoms with Crippen molar-refractivity contribution in [3.63, 3.8) is 0 Å². The third-order valence-electron chi connectivity index (χ3n) is 3.42. The van der Waals surface area contributed by atoms with Gasteiger partial charge in [0.2, 0.25) is 0 Å². The highest BCUT2D eigenvalue weighted by molar-refractivity contribution is 6.30. The van der Waals surface area contributed by atoms with Gasteiger partial charge in [-0.25, -0.2) is 0 Å². The number of methoxy groups -OCH3 is 1. The molecule has 4 nitrogen and oxygen atoms in total. The predicted octanol–water partition coefficient (Wildman–Crippen LogP) is 2.52. The first kappa shape index (κ1) is 14.4. The molecule has 0 aliphatic heterocycles. The summed E-state index contributed by atoms with van der Waals surface area (Å²) in [5.41, 5.74) is 0.571. The summed E-state index contributed by atoms with van der Waals surface area (Å²) in [5.74, 6) is 0.953. The van der Waals surface area contributed by atoms with Gasteiger partial charge in [0, 0.05) is 16.7 Å². The Hall–Kier alpha value is -0.970. The summed E-state index contributed by atoms with van der Waals surface area (Å²) >= 11 is 5.95. The number of rotatable bonds is 4. The lowest BCUT2D eigenvalue weighted by Gasteiger charge is -2.29. The lowest BCUT2D eigenvalue weighted by atomic mass is 9.95. The lowest BCUT2D eigenvalue weighted by molar-refractivity contribution is 0.00463. The molecule has 2 unspecified atom stereocenters. The summed E-state index contributed by atoms with van der Waals surface area (Å²) in [5, 5.41) is 19.8. The van der Waals surface area contributed by atoms with Crippen LogP contribution in [0.25, 0.3) is 0 Å². The second-order valence-electron chi connectivity index (χ2n) is 4.76. The van der Waals surface area contributed by atoms with Crippen molar-refractivity contribution in [3.05, 3.63) is 22.7 Å². The summed E-state index contributed by atoms with van der Waals surface area (Å²) in [6.45, 7) is -0.185. The third-order valence-corrected chi connectivity index (χ3v) is 3.64. The van der Waals surface area contributed by atoms with Crippen LogP contribution in [0.15, 0.2) is 12.1 Å². The van der Waals surface area contributed by atoms with Gasteiger partial charge in [0.1, 0.15) is 6.10 Å². The lowest BCUT2D eigenvalue weighted by Crippen LogP contribution is -2.35. The second-order valence-corrected chi connectivity index (χ2v) is 5.20. The third kappa shape index (κ3) is 3.32. The number of halogens is 1. The van der Waals surface area contributed by atoms with Crippen LogP contribution < -0.4 is 9.47 Å². The van der Waals surface area contributed by atoms with Crippen molar-refractivity contribution in [2.24, 2.45) is 0 Å². The van der Waals surface area contributed by atoms with E-state index in [-0.39, 0.29) is 12.7 Å². The van der Waals surface area contributed by atoms with Gasteiger partial charge >= 0.3 is 0 Å². The maximum absolute atomic E-state index is 9.96. The molecule has 0 heterocycles. The number of aliphatic hydroxyl groups is 2. The molecule has 2 rings (SSSR count). The molecule has 5 heteroatoms. The molecule has 1 aromatic rings. The minimum absolute atomic E-state index is 0.185. The van der Waals surface area contributed by atoms with Gasteiger partial charge in [-0.05, 0) is 25.3 Å². The molecule has 1 saturated carbocycles. The molecule has 0 radical (unpaired) electrons. The molecule has 0 amide bonds. The molecule has 19 heavy (non-hydrogen) atoms. The first-order chi connectivity index (χ1) is 9.15. The number of hydrogen-bond acceptors (Lipinski definition) is 4. The molecule has 1 aliphatic carbocycles. The number of aliphatic hydroxyl groups excluding tert-OH is 2. The van der Waals surface area contributed by atoms with E-state index in [1.807, 2.05) is 0 Å². The van der Waals surface area contributed by atoms with E-state index >= 15 is 0 Å². The topological polar surface area (TPSA) is 58.9 Å². The van der Waals surface area contributed by atoms with E-state index in [0.717, 1.165) is 25.7 Å². The average molecular weight is 287 g/mol. The van der Waals surface area contributed by atoms with Crippen LogP contribution in [0.5, 0.6) is 11.5 Å². The fraction of sp³-hybridized carbons (Fsp3) is 0.571. The predicted molar refractivity (Wildman–Crippen MR) is 72.8 cm³/mol. The van der Waals surface area contributed by atoms with Gasteiger partial charge in [-0.15, -0.1) is 0 Å². The minimum atomic E-state index is -0.472. The van der Waals surface area contributed by atoms with E-state index in [9.17, 15) is 10.2 Å². The Bertz CT molecular complexity index is 410. The molecular formula is C14H19ClO4. The first-order valence-corrected chi connectivity index (χ1v) is 6.85. The zero-order valence-electron chi connectivity index (χ0n) is 10.9. The highest BCUT2D eigenvalue weighted by Crippen LogP contribution is 2.37. The Kier molecular flexibility index (Phi) is 4.91. The van der Waals surface area contributed by atoms with E-state index < -0.39 is 6.10 Å². The highest BCUT2D eigenvalue weighted by Gasteiger charge is 2.26. The molecule has 2 N–H and O–H groups in total. The van der Waals surface area contributed by atoms with E-state index in [1.54, 1.807) is 12.1 Å². The summed E-state index contributed by atoms with van der Waals surface area (Å²) in [6, 6.07) is 3.29.